The zero-order chi connectivity index (χ0) is 17.2. The molecule has 0 unspecified atom stereocenters. The van der Waals surface area contributed by atoms with Gasteiger partial charge in [-0.25, -0.2) is 4.79 Å². The molecule has 0 atom stereocenters. The summed E-state index contributed by atoms with van der Waals surface area (Å²) in [7, 11) is 0. The van der Waals surface area contributed by atoms with Crippen LogP contribution in [0.4, 0.5) is 0 Å². The summed E-state index contributed by atoms with van der Waals surface area (Å²) in [5.41, 5.74) is 3.83. The molecule has 0 bridgehead atoms. The van der Waals surface area contributed by atoms with Crippen LogP contribution in [0.5, 0.6) is 5.75 Å². The maximum absolute atomic E-state index is 10.8. The van der Waals surface area contributed by atoms with Crippen molar-refractivity contribution in [2.24, 2.45) is 0 Å². The Balaban J connectivity index is 2.48. The van der Waals surface area contributed by atoms with Crippen molar-refractivity contribution in [1.82, 2.24) is 0 Å². The molecular weight excluding hydrogens is 288 g/mol. The molecule has 23 heavy (non-hydrogen) atoms. The van der Waals surface area contributed by atoms with E-state index in [0.717, 1.165) is 24.2 Å². The van der Waals surface area contributed by atoms with Gasteiger partial charge in [-0.15, -0.1) is 0 Å². The normalized spacial score (nSPS) is 12.0. The average molecular weight is 314 g/mol. The number of allylic oxidation sites excluding steroid dienone is 3. The number of aliphatic carboxylic acids is 1. The largest absolute Gasteiger partial charge is 0.490 e. The van der Waals surface area contributed by atoms with Crippen molar-refractivity contribution in [3.05, 3.63) is 58.7 Å². The van der Waals surface area contributed by atoms with Crippen molar-refractivity contribution in [3.8, 4) is 5.75 Å². The number of rotatable bonds is 8. The van der Waals surface area contributed by atoms with Gasteiger partial charge in [0.1, 0.15) is 12.4 Å². The molecule has 0 spiro atoms. The first-order valence-electron chi connectivity index (χ1n) is 7.82. The lowest BCUT2D eigenvalue weighted by Gasteiger charge is -2.05. The minimum atomic E-state index is -0.904. The van der Waals surface area contributed by atoms with Gasteiger partial charge in [-0.3, -0.25) is 0 Å². The second kappa shape index (κ2) is 9.67. The first kappa shape index (κ1) is 18.8. The highest BCUT2D eigenvalue weighted by Crippen LogP contribution is 2.15. The Bertz CT molecular complexity index is 600. The third-order valence-corrected chi connectivity index (χ3v) is 3.37. The number of hydrogen-bond acceptors (Lipinski definition) is 2. The molecule has 0 fully saturated rings. The van der Waals surface area contributed by atoms with Crippen molar-refractivity contribution >= 4 is 12.0 Å². The number of benzene rings is 1. The van der Waals surface area contributed by atoms with Gasteiger partial charge in [0, 0.05) is 5.57 Å². The molecule has 0 saturated carbocycles. The van der Waals surface area contributed by atoms with Crippen molar-refractivity contribution in [1.29, 1.82) is 0 Å². The summed E-state index contributed by atoms with van der Waals surface area (Å²) >= 11 is 0. The topological polar surface area (TPSA) is 46.5 Å². The number of ether oxygens (including phenoxy) is 1. The van der Waals surface area contributed by atoms with Crippen LogP contribution in [0.1, 0.15) is 46.1 Å². The SMILES string of the molecule is CC(C)=CCC/C(C)=C/COc1ccc(/C=C(/C)C(=O)O)cc1. The molecule has 0 radical (unpaired) electrons. The first-order valence-corrected chi connectivity index (χ1v) is 7.82. The molecule has 0 amide bonds. The van der Waals surface area contributed by atoms with Crippen molar-refractivity contribution in [2.45, 2.75) is 40.5 Å². The Morgan fingerprint density at radius 2 is 1.74 bits per heavy atom. The Morgan fingerprint density at radius 3 is 2.30 bits per heavy atom. The van der Waals surface area contributed by atoms with E-state index in [1.54, 1.807) is 13.0 Å². The summed E-state index contributed by atoms with van der Waals surface area (Å²) in [4.78, 5) is 10.8. The molecule has 1 aromatic rings. The van der Waals surface area contributed by atoms with Crippen LogP contribution in [-0.2, 0) is 4.79 Å². The molecule has 0 aliphatic heterocycles. The Morgan fingerprint density at radius 1 is 1.09 bits per heavy atom. The summed E-state index contributed by atoms with van der Waals surface area (Å²) in [6.45, 7) is 8.46. The number of carboxylic acids is 1. The van der Waals surface area contributed by atoms with Crippen LogP contribution in [0.25, 0.3) is 6.08 Å². The quantitative estimate of drug-likeness (QED) is 0.527. The van der Waals surface area contributed by atoms with Crippen LogP contribution < -0.4 is 4.74 Å². The van der Waals surface area contributed by atoms with Crippen LogP contribution in [-0.4, -0.2) is 17.7 Å². The fourth-order valence-corrected chi connectivity index (χ4v) is 1.94. The highest BCUT2D eigenvalue weighted by molar-refractivity contribution is 5.91. The Hall–Kier alpha value is -2.29. The molecule has 0 aromatic heterocycles. The van der Waals surface area contributed by atoms with E-state index >= 15 is 0 Å². The van der Waals surface area contributed by atoms with Gasteiger partial charge in [0.15, 0.2) is 0 Å². The molecule has 3 heteroatoms. The lowest BCUT2D eigenvalue weighted by molar-refractivity contribution is -0.132. The Labute approximate surface area is 139 Å². The molecule has 124 valence electrons. The van der Waals surface area contributed by atoms with Gasteiger partial charge in [0.2, 0.25) is 0 Å². The van der Waals surface area contributed by atoms with Crippen LogP contribution in [0, 0.1) is 0 Å². The predicted octanol–water partition coefficient (Wildman–Crippen LogP) is 5.25. The molecule has 0 aliphatic carbocycles. The van der Waals surface area contributed by atoms with Crippen molar-refractivity contribution < 1.29 is 14.6 Å². The fourth-order valence-electron chi connectivity index (χ4n) is 1.94. The average Bonchev–Trinajstić information content (AvgIpc) is 2.48. The van der Waals surface area contributed by atoms with E-state index in [0.29, 0.717) is 12.2 Å². The maximum atomic E-state index is 10.8. The third-order valence-electron chi connectivity index (χ3n) is 3.37. The highest BCUT2D eigenvalue weighted by Gasteiger charge is 2.00. The lowest BCUT2D eigenvalue weighted by Crippen LogP contribution is -1.96. The summed E-state index contributed by atoms with van der Waals surface area (Å²) in [5, 5.41) is 8.85. The van der Waals surface area contributed by atoms with Gasteiger partial charge < -0.3 is 9.84 Å². The monoisotopic (exact) mass is 314 g/mol. The van der Waals surface area contributed by atoms with E-state index < -0.39 is 5.97 Å². The van der Waals surface area contributed by atoms with Crippen LogP contribution >= 0.6 is 0 Å². The van der Waals surface area contributed by atoms with E-state index in [1.165, 1.54) is 11.1 Å². The minimum absolute atomic E-state index is 0.314. The van der Waals surface area contributed by atoms with E-state index in [2.05, 4.69) is 32.9 Å². The third kappa shape index (κ3) is 8.05. The number of carbonyl (C=O) groups is 1. The van der Waals surface area contributed by atoms with Crippen LogP contribution in [0.15, 0.2) is 53.1 Å². The summed E-state index contributed by atoms with van der Waals surface area (Å²) in [6, 6.07) is 7.42. The van der Waals surface area contributed by atoms with Crippen molar-refractivity contribution in [2.75, 3.05) is 6.61 Å². The lowest BCUT2D eigenvalue weighted by atomic mass is 10.1. The van der Waals surface area contributed by atoms with Gasteiger partial charge in [-0.1, -0.05) is 29.4 Å². The second-order valence-corrected chi connectivity index (χ2v) is 5.88. The van der Waals surface area contributed by atoms with E-state index in [4.69, 9.17) is 9.84 Å². The molecule has 3 nitrogen and oxygen atoms in total. The molecule has 1 rings (SSSR count). The molecule has 1 N–H and O–H groups in total. The smallest absolute Gasteiger partial charge is 0.331 e. The van der Waals surface area contributed by atoms with Gasteiger partial charge >= 0.3 is 5.97 Å². The van der Waals surface area contributed by atoms with E-state index in [1.807, 2.05) is 24.3 Å². The standard InChI is InChI=1S/C20H26O3/c1-15(2)6-5-7-16(3)12-13-23-19-10-8-18(9-11-19)14-17(4)20(21)22/h6,8-12,14H,5,7,13H2,1-4H3,(H,21,22)/b16-12+,17-14-. The van der Waals surface area contributed by atoms with Gasteiger partial charge in [-0.2, -0.15) is 0 Å². The van der Waals surface area contributed by atoms with Gasteiger partial charge in [-0.05, 0) is 70.4 Å². The predicted molar refractivity (Wildman–Crippen MR) is 95.6 cm³/mol. The fraction of sp³-hybridized carbons (Fsp3) is 0.350. The number of carboxylic acid groups (broad SMARTS) is 1. The summed E-state index contributed by atoms with van der Waals surface area (Å²) in [5.74, 6) is -0.123. The first-order chi connectivity index (χ1) is 10.9. The van der Waals surface area contributed by atoms with E-state index in [9.17, 15) is 4.79 Å². The van der Waals surface area contributed by atoms with Crippen LogP contribution in [0.2, 0.25) is 0 Å². The molecule has 0 saturated heterocycles. The zero-order valence-corrected chi connectivity index (χ0v) is 14.4. The van der Waals surface area contributed by atoms with Crippen LogP contribution in [0.3, 0.4) is 0 Å². The molecule has 0 heterocycles. The van der Waals surface area contributed by atoms with Gasteiger partial charge in [0.05, 0.1) is 0 Å². The van der Waals surface area contributed by atoms with Gasteiger partial charge in [0.25, 0.3) is 0 Å². The Kier molecular flexibility index (Phi) is 7.89. The zero-order valence-electron chi connectivity index (χ0n) is 14.4. The number of hydrogen-bond donors (Lipinski definition) is 1. The summed E-state index contributed by atoms with van der Waals surface area (Å²) < 4.78 is 5.68. The molecule has 0 aliphatic rings. The maximum Gasteiger partial charge on any atom is 0.331 e. The molecule has 1 aromatic carbocycles. The summed E-state index contributed by atoms with van der Waals surface area (Å²) in [6.07, 6.45) is 8.09. The second-order valence-electron chi connectivity index (χ2n) is 5.88. The minimum Gasteiger partial charge on any atom is -0.490 e. The van der Waals surface area contributed by atoms with Crippen molar-refractivity contribution in [3.63, 3.8) is 0 Å². The highest BCUT2D eigenvalue weighted by atomic mass is 16.5. The molecular formula is C20H26O3. The van der Waals surface area contributed by atoms with E-state index in [-0.39, 0.29) is 0 Å².